The normalized spacial score (nSPS) is 14.3. The van der Waals surface area contributed by atoms with Crippen LogP contribution in [0.5, 0.6) is 6.01 Å². The SMILES string of the molecule is Nc1nc(OCc2ccccc2)nc2c1cnn2Cc1ccc(CN2CCCC2)cc1. The standard InChI is InChI=1S/C24H26N6O/c25-22-21-14-26-30(16-19-10-8-18(9-11-19)15-29-12-4-5-13-29)23(21)28-24(27-22)31-17-20-6-2-1-3-7-20/h1-3,6-11,14H,4-5,12-13,15-17H2,(H2,25,27,28). The Balaban J connectivity index is 1.31. The summed E-state index contributed by atoms with van der Waals surface area (Å²) in [5.74, 6) is 0.375. The van der Waals surface area contributed by atoms with E-state index in [1.165, 1.54) is 37.1 Å². The van der Waals surface area contributed by atoms with Gasteiger partial charge in [-0.25, -0.2) is 4.68 Å². The average Bonchev–Trinajstić information content (AvgIpc) is 3.45. The zero-order valence-corrected chi connectivity index (χ0v) is 17.4. The van der Waals surface area contributed by atoms with Gasteiger partial charge in [0.05, 0.1) is 18.1 Å². The van der Waals surface area contributed by atoms with Crippen LogP contribution in [-0.2, 0) is 19.7 Å². The lowest BCUT2D eigenvalue weighted by molar-refractivity contribution is 0.282. The van der Waals surface area contributed by atoms with E-state index in [-0.39, 0.29) is 6.01 Å². The molecular formula is C24H26N6O. The number of benzene rings is 2. The second-order valence-electron chi connectivity index (χ2n) is 8.00. The highest BCUT2D eigenvalue weighted by Crippen LogP contribution is 2.22. The number of anilines is 1. The molecule has 0 spiro atoms. The van der Waals surface area contributed by atoms with Crippen molar-refractivity contribution in [1.82, 2.24) is 24.6 Å². The first-order valence-corrected chi connectivity index (χ1v) is 10.7. The van der Waals surface area contributed by atoms with Crippen molar-refractivity contribution in [2.45, 2.75) is 32.5 Å². The molecule has 0 radical (unpaired) electrons. The number of ether oxygens (including phenoxy) is 1. The van der Waals surface area contributed by atoms with Gasteiger partial charge in [0.1, 0.15) is 12.4 Å². The second-order valence-corrected chi connectivity index (χ2v) is 8.00. The lowest BCUT2D eigenvalue weighted by atomic mass is 10.1. The fourth-order valence-corrected chi connectivity index (χ4v) is 3.98. The Morgan fingerprint density at radius 2 is 1.55 bits per heavy atom. The summed E-state index contributed by atoms with van der Waals surface area (Å²) in [7, 11) is 0. The van der Waals surface area contributed by atoms with Crippen LogP contribution in [0.4, 0.5) is 5.82 Å². The number of nitrogens with zero attached hydrogens (tertiary/aromatic N) is 5. The fourth-order valence-electron chi connectivity index (χ4n) is 3.98. The summed E-state index contributed by atoms with van der Waals surface area (Å²) in [5.41, 5.74) is 10.4. The van der Waals surface area contributed by atoms with Gasteiger partial charge in [-0.3, -0.25) is 4.90 Å². The number of rotatable bonds is 7. The average molecular weight is 415 g/mol. The minimum Gasteiger partial charge on any atom is -0.458 e. The van der Waals surface area contributed by atoms with E-state index in [2.05, 4.69) is 44.2 Å². The minimum atomic E-state index is 0.261. The van der Waals surface area contributed by atoms with Crippen LogP contribution in [-0.4, -0.2) is 37.7 Å². The van der Waals surface area contributed by atoms with Gasteiger partial charge in [-0.05, 0) is 42.6 Å². The van der Waals surface area contributed by atoms with E-state index in [0.717, 1.165) is 17.5 Å². The van der Waals surface area contributed by atoms with Crippen molar-refractivity contribution in [2.24, 2.45) is 0 Å². The molecule has 0 aliphatic carbocycles. The molecule has 1 saturated heterocycles. The molecule has 0 amide bonds. The predicted molar refractivity (Wildman–Crippen MR) is 121 cm³/mol. The van der Waals surface area contributed by atoms with Crippen molar-refractivity contribution >= 4 is 16.9 Å². The molecule has 7 heteroatoms. The Labute approximate surface area is 181 Å². The molecule has 1 aliphatic rings. The maximum atomic E-state index is 6.14. The first kappa shape index (κ1) is 19.5. The van der Waals surface area contributed by atoms with Gasteiger partial charge >= 0.3 is 6.01 Å². The van der Waals surface area contributed by atoms with Crippen LogP contribution >= 0.6 is 0 Å². The monoisotopic (exact) mass is 414 g/mol. The van der Waals surface area contributed by atoms with Crippen LogP contribution in [0, 0.1) is 0 Å². The van der Waals surface area contributed by atoms with Crippen LogP contribution in [0.15, 0.2) is 60.8 Å². The molecule has 2 aromatic carbocycles. The summed E-state index contributed by atoms with van der Waals surface area (Å²) in [6.45, 7) is 4.44. The van der Waals surface area contributed by atoms with Gasteiger partial charge in [0.2, 0.25) is 0 Å². The van der Waals surface area contributed by atoms with Crippen molar-refractivity contribution in [3.05, 3.63) is 77.5 Å². The lowest BCUT2D eigenvalue weighted by Gasteiger charge is -2.14. The number of hydrogen-bond acceptors (Lipinski definition) is 6. The van der Waals surface area contributed by atoms with Gasteiger partial charge in [0, 0.05) is 6.54 Å². The molecule has 0 unspecified atom stereocenters. The summed E-state index contributed by atoms with van der Waals surface area (Å²) < 4.78 is 7.63. The highest BCUT2D eigenvalue weighted by Gasteiger charge is 2.14. The molecule has 3 heterocycles. The van der Waals surface area contributed by atoms with Crippen LogP contribution < -0.4 is 10.5 Å². The molecule has 0 atom stereocenters. The zero-order chi connectivity index (χ0) is 21.0. The number of nitrogen functional groups attached to an aromatic ring is 1. The third-order valence-electron chi connectivity index (χ3n) is 5.68. The molecule has 1 aliphatic heterocycles. The Kier molecular flexibility index (Phi) is 5.50. The second kappa shape index (κ2) is 8.73. The van der Waals surface area contributed by atoms with Crippen LogP contribution in [0.3, 0.4) is 0 Å². The van der Waals surface area contributed by atoms with Gasteiger partial charge in [-0.1, -0.05) is 54.6 Å². The van der Waals surface area contributed by atoms with Crippen LogP contribution in [0.1, 0.15) is 29.5 Å². The number of nitrogens with two attached hydrogens (primary N) is 1. The van der Waals surface area contributed by atoms with E-state index in [1.807, 2.05) is 35.0 Å². The first-order chi connectivity index (χ1) is 15.2. The molecule has 4 aromatic rings. The third kappa shape index (κ3) is 4.51. The molecule has 2 aromatic heterocycles. The van der Waals surface area contributed by atoms with Gasteiger partial charge < -0.3 is 10.5 Å². The van der Waals surface area contributed by atoms with Crippen molar-refractivity contribution in [2.75, 3.05) is 18.8 Å². The highest BCUT2D eigenvalue weighted by atomic mass is 16.5. The number of hydrogen-bond donors (Lipinski definition) is 1. The number of likely N-dealkylation sites (tertiary alicyclic amines) is 1. The van der Waals surface area contributed by atoms with Gasteiger partial charge in [0.25, 0.3) is 0 Å². The molecule has 2 N–H and O–H groups in total. The molecule has 7 nitrogen and oxygen atoms in total. The Hall–Kier alpha value is -3.45. The minimum absolute atomic E-state index is 0.261. The third-order valence-corrected chi connectivity index (χ3v) is 5.68. The van der Waals surface area contributed by atoms with Crippen molar-refractivity contribution in [3.63, 3.8) is 0 Å². The molecular weight excluding hydrogens is 388 g/mol. The Bertz CT molecular complexity index is 1150. The van der Waals surface area contributed by atoms with E-state index in [0.29, 0.717) is 24.6 Å². The summed E-state index contributed by atoms with van der Waals surface area (Å²) >= 11 is 0. The highest BCUT2D eigenvalue weighted by molar-refractivity contribution is 5.85. The topological polar surface area (TPSA) is 82.1 Å². The van der Waals surface area contributed by atoms with Crippen molar-refractivity contribution in [1.29, 1.82) is 0 Å². The lowest BCUT2D eigenvalue weighted by Crippen LogP contribution is -2.18. The molecule has 31 heavy (non-hydrogen) atoms. The fraction of sp³-hybridized carbons (Fsp3) is 0.292. The summed E-state index contributed by atoms with van der Waals surface area (Å²) in [6.07, 6.45) is 4.34. The van der Waals surface area contributed by atoms with Crippen molar-refractivity contribution < 1.29 is 4.74 Å². The Morgan fingerprint density at radius 3 is 2.29 bits per heavy atom. The van der Waals surface area contributed by atoms with E-state index in [4.69, 9.17) is 10.5 Å². The van der Waals surface area contributed by atoms with E-state index in [9.17, 15) is 0 Å². The summed E-state index contributed by atoms with van der Waals surface area (Å²) in [6, 6.07) is 18.9. The largest absolute Gasteiger partial charge is 0.458 e. The van der Waals surface area contributed by atoms with Crippen LogP contribution in [0.2, 0.25) is 0 Å². The molecule has 0 bridgehead atoms. The summed E-state index contributed by atoms with van der Waals surface area (Å²) in [4.78, 5) is 11.4. The predicted octanol–water partition coefficient (Wildman–Crippen LogP) is 3.63. The number of aromatic nitrogens is 4. The van der Waals surface area contributed by atoms with Gasteiger partial charge in [-0.2, -0.15) is 15.1 Å². The quantitative estimate of drug-likeness (QED) is 0.497. The number of fused-ring (bicyclic) bond motifs is 1. The van der Waals surface area contributed by atoms with Gasteiger partial charge in [-0.15, -0.1) is 0 Å². The maximum Gasteiger partial charge on any atom is 0.320 e. The van der Waals surface area contributed by atoms with Crippen molar-refractivity contribution in [3.8, 4) is 6.01 Å². The first-order valence-electron chi connectivity index (χ1n) is 10.7. The molecule has 1 fully saturated rings. The van der Waals surface area contributed by atoms with Crippen LogP contribution in [0.25, 0.3) is 11.0 Å². The van der Waals surface area contributed by atoms with E-state index >= 15 is 0 Å². The summed E-state index contributed by atoms with van der Waals surface area (Å²) in [5, 5.41) is 5.22. The van der Waals surface area contributed by atoms with E-state index in [1.54, 1.807) is 6.20 Å². The van der Waals surface area contributed by atoms with Gasteiger partial charge in [0.15, 0.2) is 5.65 Å². The maximum absolute atomic E-state index is 6.14. The molecule has 0 saturated carbocycles. The smallest absolute Gasteiger partial charge is 0.320 e. The molecule has 158 valence electrons. The molecule has 5 rings (SSSR count). The van der Waals surface area contributed by atoms with E-state index < -0.39 is 0 Å². The Morgan fingerprint density at radius 1 is 0.839 bits per heavy atom. The zero-order valence-electron chi connectivity index (χ0n) is 17.4.